The summed E-state index contributed by atoms with van der Waals surface area (Å²) in [5, 5.41) is 4.83. The fourth-order valence-corrected chi connectivity index (χ4v) is 3.54. The minimum Gasteiger partial charge on any atom is -0.396 e. The van der Waals surface area contributed by atoms with Crippen molar-refractivity contribution in [1.29, 1.82) is 0 Å². The molecule has 0 atom stereocenters. The Kier molecular flexibility index (Phi) is 2.55. The molecule has 0 aliphatic rings. The summed E-state index contributed by atoms with van der Waals surface area (Å²) < 4.78 is 21.8. The van der Waals surface area contributed by atoms with Gasteiger partial charge in [-0.05, 0) is 0 Å². The van der Waals surface area contributed by atoms with Crippen molar-refractivity contribution in [2.45, 2.75) is 4.90 Å². The topological polar surface area (TPSA) is 86.2 Å². The average molecular weight is 247 g/mol. The second kappa shape index (κ2) is 3.04. The lowest BCUT2D eigenvalue weighted by Gasteiger charge is -1.95. The van der Waals surface area contributed by atoms with Crippen LogP contribution in [0.2, 0.25) is 8.67 Å². The van der Waals surface area contributed by atoms with E-state index in [0.29, 0.717) is 0 Å². The van der Waals surface area contributed by atoms with Gasteiger partial charge in [0.25, 0.3) is 0 Å². The zero-order chi connectivity index (χ0) is 9.52. The van der Waals surface area contributed by atoms with Crippen LogP contribution < -0.4 is 10.9 Å². The van der Waals surface area contributed by atoms with Gasteiger partial charge >= 0.3 is 0 Å². The number of sulfonamides is 1. The summed E-state index contributed by atoms with van der Waals surface area (Å²) >= 11 is 11.9. The summed E-state index contributed by atoms with van der Waals surface area (Å²) in [4.78, 5) is -0.292. The van der Waals surface area contributed by atoms with E-state index < -0.39 is 10.0 Å². The molecule has 12 heavy (non-hydrogen) atoms. The molecular weight excluding hydrogens is 243 g/mol. The molecular formula is C4H4Cl2N2O2S2. The summed E-state index contributed by atoms with van der Waals surface area (Å²) in [5.41, 5.74) is 5.24. The molecule has 4 N–H and O–H groups in total. The average Bonchev–Trinajstić information content (AvgIpc) is 2.05. The van der Waals surface area contributed by atoms with Gasteiger partial charge in [-0.3, -0.25) is 0 Å². The number of anilines is 1. The highest BCUT2D eigenvalue weighted by atomic mass is 35.5. The van der Waals surface area contributed by atoms with Gasteiger partial charge in [-0.2, -0.15) is 0 Å². The number of hydrogen-bond donors (Lipinski definition) is 2. The zero-order valence-electron chi connectivity index (χ0n) is 5.54. The Morgan fingerprint density at radius 3 is 1.92 bits per heavy atom. The van der Waals surface area contributed by atoms with Crippen LogP contribution in [-0.2, 0) is 10.0 Å². The van der Waals surface area contributed by atoms with E-state index in [1.54, 1.807) is 0 Å². The molecule has 1 aromatic heterocycles. The van der Waals surface area contributed by atoms with Crippen molar-refractivity contribution in [2.75, 3.05) is 5.73 Å². The molecule has 1 rings (SSSR count). The molecule has 8 heteroatoms. The summed E-state index contributed by atoms with van der Waals surface area (Å²) in [6.07, 6.45) is 0. The second-order valence-corrected chi connectivity index (χ2v) is 5.66. The molecule has 0 aliphatic heterocycles. The number of rotatable bonds is 1. The van der Waals surface area contributed by atoms with E-state index in [4.69, 9.17) is 34.1 Å². The van der Waals surface area contributed by atoms with Gasteiger partial charge in [0.05, 0.1) is 5.69 Å². The molecule has 0 fully saturated rings. The van der Waals surface area contributed by atoms with Crippen LogP contribution in [0.3, 0.4) is 0 Å². The quantitative estimate of drug-likeness (QED) is 0.783. The Morgan fingerprint density at radius 2 is 1.75 bits per heavy atom. The predicted molar refractivity (Wildman–Crippen MR) is 50.1 cm³/mol. The van der Waals surface area contributed by atoms with Crippen LogP contribution in [-0.4, -0.2) is 8.42 Å². The lowest BCUT2D eigenvalue weighted by Crippen LogP contribution is -2.13. The lowest BCUT2D eigenvalue weighted by atomic mass is 10.5. The highest BCUT2D eigenvalue weighted by molar-refractivity contribution is 7.89. The van der Waals surface area contributed by atoms with Gasteiger partial charge in [-0.1, -0.05) is 23.2 Å². The predicted octanol–water partition coefficient (Wildman–Crippen LogP) is 1.28. The summed E-state index contributed by atoms with van der Waals surface area (Å²) in [7, 11) is -3.87. The van der Waals surface area contributed by atoms with E-state index in [0.717, 1.165) is 11.3 Å². The van der Waals surface area contributed by atoms with Crippen molar-refractivity contribution in [1.82, 2.24) is 0 Å². The molecule has 0 saturated carbocycles. The molecule has 0 bridgehead atoms. The second-order valence-electron chi connectivity index (χ2n) is 1.94. The molecule has 68 valence electrons. The van der Waals surface area contributed by atoms with Gasteiger partial charge < -0.3 is 5.73 Å². The molecule has 0 aromatic carbocycles. The van der Waals surface area contributed by atoms with Crippen molar-refractivity contribution in [3.8, 4) is 0 Å². The van der Waals surface area contributed by atoms with Crippen molar-refractivity contribution in [2.24, 2.45) is 5.14 Å². The largest absolute Gasteiger partial charge is 0.396 e. The molecule has 0 amide bonds. The van der Waals surface area contributed by atoms with Gasteiger partial charge in [-0.15, -0.1) is 11.3 Å². The highest BCUT2D eigenvalue weighted by Crippen LogP contribution is 2.40. The van der Waals surface area contributed by atoms with E-state index in [-0.39, 0.29) is 19.3 Å². The fraction of sp³-hybridized carbons (Fsp3) is 0. The third-order valence-corrected chi connectivity index (χ3v) is 3.97. The molecule has 0 spiro atoms. The van der Waals surface area contributed by atoms with Crippen LogP contribution in [0.25, 0.3) is 0 Å². The fourth-order valence-electron chi connectivity index (χ4n) is 0.640. The summed E-state index contributed by atoms with van der Waals surface area (Å²) in [5.74, 6) is 0. The minimum absolute atomic E-state index is 0.0139. The molecule has 1 aromatic rings. The van der Waals surface area contributed by atoms with Gasteiger partial charge in [0, 0.05) is 0 Å². The van der Waals surface area contributed by atoms with Gasteiger partial charge in [0.15, 0.2) is 0 Å². The normalized spacial score (nSPS) is 11.9. The van der Waals surface area contributed by atoms with Crippen LogP contribution in [0.4, 0.5) is 5.69 Å². The standard InChI is InChI=1S/C4H4Cl2N2O2S2/c5-3-1(7)2(4(6)11-3)12(8,9)10/h7H2,(H2,8,9,10). The van der Waals surface area contributed by atoms with E-state index in [1.165, 1.54) is 0 Å². The Hall–Kier alpha value is -0.0100. The third kappa shape index (κ3) is 1.67. The first kappa shape index (κ1) is 10.1. The zero-order valence-corrected chi connectivity index (χ0v) is 8.69. The van der Waals surface area contributed by atoms with Crippen LogP contribution in [0, 0.1) is 0 Å². The first-order chi connectivity index (χ1) is 5.34. The molecule has 0 aliphatic carbocycles. The third-order valence-electron chi connectivity index (χ3n) is 1.10. The van der Waals surface area contributed by atoms with Crippen LogP contribution in [0.1, 0.15) is 0 Å². The first-order valence-corrected chi connectivity index (χ1v) is 5.72. The number of halogens is 2. The SMILES string of the molecule is Nc1c(Cl)sc(Cl)c1S(N)(=O)=O. The number of nitrogens with two attached hydrogens (primary N) is 2. The Bertz CT molecular complexity index is 411. The van der Waals surface area contributed by atoms with Gasteiger partial charge in [-0.25, -0.2) is 13.6 Å². The molecule has 0 radical (unpaired) electrons. The number of hydrogen-bond acceptors (Lipinski definition) is 4. The van der Waals surface area contributed by atoms with E-state index in [2.05, 4.69) is 0 Å². The summed E-state index contributed by atoms with van der Waals surface area (Å²) in [6, 6.07) is 0. The van der Waals surface area contributed by atoms with Crippen molar-refractivity contribution >= 4 is 50.2 Å². The Morgan fingerprint density at radius 1 is 1.25 bits per heavy atom. The van der Waals surface area contributed by atoms with Gasteiger partial charge in [0.1, 0.15) is 13.6 Å². The van der Waals surface area contributed by atoms with Crippen LogP contribution >= 0.6 is 34.5 Å². The maximum absolute atomic E-state index is 10.8. The minimum atomic E-state index is -3.87. The van der Waals surface area contributed by atoms with Crippen molar-refractivity contribution in [3.63, 3.8) is 0 Å². The maximum Gasteiger partial charge on any atom is 0.242 e. The maximum atomic E-state index is 10.8. The number of nitrogen functional groups attached to an aromatic ring is 1. The molecule has 0 unspecified atom stereocenters. The monoisotopic (exact) mass is 246 g/mol. The number of primary sulfonamides is 1. The van der Waals surface area contributed by atoms with E-state index in [1.807, 2.05) is 0 Å². The van der Waals surface area contributed by atoms with E-state index in [9.17, 15) is 8.42 Å². The van der Waals surface area contributed by atoms with Crippen molar-refractivity contribution < 1.29 is 8.42 Å². The Labute approximate surface area is 83.1 Å². The smallest absolute Gasteiger partial charge is 0.242 e. The van der Waals surface area contributed by atoms with Gasteiger partial charge in [0.2, 0.25) is 10.0 Å². The van der Waals surface area contributed by atoms with Crippen LogP contribution in [0.5, 0.6) is 0 Å². The molecule has 4 nitrogen and oxygen atoms in total. The summed E-state index contributed by atoms with van der Waals surface area (Å²) in [6.45, 7) is 0. The lowest BCUT2D eigenvalue weighted by molar-refractivity contribution is 0.598. The first-order valence-electron chi connectivity index (χ1n) is 2.60. The van der Waals surface area contributed by atoms with Crippen LogP contribution in [0.15, 0.2) is 4.90 Å². The highest BCUT2D eigenvalue weighted by Gasteiger charge is 2.22. The van der Waals surface area contributed by atoms with Crippen molar-refractivity contribution in [3.05, 3.63) is 8.67 Å². The Balaban J connectivity index is 3.54. The molecule has 0 saturated heterocycles. The molecule has 1 heterocycles. The van der Waals surface area contributed by atoms with E-state index >= 15 is 0 Å². The number of thiophene rings is 1.